The molecule has 1 aliphatic carbocycles. The normalized spacial score (nSPS) is 15.2. The number of rotatable bonds is 7. The highest BCUT2D eigenvalue weighted by atomic mass is 19.4. The van der Waals surface area contributed by atoms with Crippen molar-refractivity contribution >= 4 is 45.2 Å². The van der Waals surface area contributed by atoms with Crippen molar-refractivity contribution in [3.8, 4) is 0 Å². The molecule has 392 valence electrons. The van der Waals surface area contributed by atoms with Crippen molar-refractivity contribution < 1.29 is 27.6 Å². The predicted molar refractivity (Wildman–Crippen MR) is 280 cm³/mol. The number of benzene rings is 1. The Morgan fingerprint density at radius 3 is 1.89 bits per heavy atom. The Labute approximate surface area is 420 Å². The number of amides is 1. The largest absolute Gasteiger partial charge is 0.433 e. The van der Waals surface area contributed by atoms with Crippen LogP contribution in [0, 0.1) is 17.8 Å². The second-order valence-corrected chi connectivity index (χ2v) is 21.3. The Balaban J connectivity index is 0.000000179. The van der Waals surface area contributed by atoms with E-state index in [0.29, 0.717) is 40.9 Å². The fourth-order valence-corrected chi connectivity index (χ4v) is 10.2. The zero-order valence-electron chi connectivity index (χ0n) is 45.8. The molecule has 17 heteroatoms. The number of imidazole rings is 2. The SMILES string of the molecule is CC(=O)c1c2c(cn(C)c1=O)CC(C(C)C)CC2.CC(C)c1cc2c(nc1C(F)(F)F)n(C)c(=O)n2C.CC(C)c1cc2cc3c(cc2n1C)C(C)(C)C(=O)N3C.CCc1c(C(=O)C(C)C)n(C)c(=O)n1C. The molecule has 1 aliphatic heterocycles. The number of Topliss-reactive ketones (excluding diaryl/α,β-unsaturated/α-hetero) is 2. The molecule has 0 saturated carbocycles. The first-order valence-electron chi connectivity index (χ1n) is 24.8. The predicted octanol–water partition coefficient (Wildman–Crippen LogP) is 9.44. The first kappa shape index (κ1) is 56.7. The lowest BCUT2D eigenvalue weighted by Gasteiger charge is -2.28. The molecule has 0 fully saturated rings. The van der Waals surface area contributed by atoms with E-state index >= 15 is 0 Å². The average Bonchev–Trinajstić information content (AvgIpc) is 3.89. The summed E-state index contributed by atoms with van der Waals surface area (Å²) in [4.78, 5) is 76.9. The van der Waals surface area contributed by atoms with Crippen LogP contribution in [0.25, 0.3) is 22.1 Å². The molecule has 2 aliphatic rings. The Hall–Kier alpha value is -6.26. The summed E-state index contributed by atoms with van der Waals surface area (Å²) in [6.07, 6.45) is 1.02. The molecule has 6 aromatic rings. The fourth-order valence-electron chi connectivity index (χ4n) is 10.2. The summed E-state index contributed by atoms with van der Waals surface area (Å²) >= 11 is 0. The summed E-state index contributed by atoms with van der Waals surface area (Å²) in [6, 6.07) is 7.99. The number of carbonyl (C=O) groups is 3. The maximum Gasteiger partial charge on any atom is 0.433 e. The van der Waals surface area contributed by atoms with Crippen molar-refractivity contribution in [3.63, 3.8) is 0 Å². The average molecular weight is 1000 g/mol. The van der Waals surface area contributed by atoms with Crippen molar-refractivity contribution in [1.82, 2.24) is 32.4 Å². The Kier molecular flexibility index (Phi) is 16.6. The van der Waals surface area contributed by atoms with Gasteiger partial charge in [-0.3, -0.25) is 37.4 Å². The quantitative estimate of drug-likeness (QED) is 0.145. The minimum atomic E-state index is -4.53. The van der Waals surface area contributed by atoms with Crippen LogP contribution in [0.5, 0.6) is 0 Å². The maximum absolute atomic E-state index is 13.0. The van der Waals surface area contributed by atoms with Gasteiger partial charge in [0.25, 0.3) is 5.56 Å². The van der Waals surface area contributed by atoms with Gasteiger partial charge in [-0.15, -0.1) is 0 Å². The van der Waals surface area contributed by atoms with Gasteiger partial charge < -0.3 is 14.0 Å². The molecule has 1 aromatic carbocycles. The minimum Gasteiger partial charge on any atom is -0.347 e. The van der Waals surface area contributed by atoms with Crippen LogP contribution < -0.4 is 21.8 Å². The topological polar surface area (TPSA) is 148 Å². The van der Waals surface area contributed by atoms with Crippen molar-refractivity contribution in [2.75, 3.05) is 11.9 Å². The first-order valence-corrected chi connectivity index (χ1v) is 24.8. The molecule has 1 atom stereocenters. The second kappa shape index (κ2) is 21.1. The van der Waals surface area contributed by atoms with Gasteiger partial charge >= 0.3 is 17.6 Å². The number of halogens is 3. The number of likely N-dealkylation sites (N-methyl/N-ethyl adjacent to an activating group) is 1. The Morgan fingerprint density at radius 2 is 1.38 bits per heavy atom. The lowest BCUT2D eigenvalue weighted by atomic mass is 9.77. The lowest BCUT2D eigenvalue weighted by Crippen LogP contribution is -2.33. The van der Waals surface area contributed by atoms with E-state index in [1.807, 2.05) is 47.9 Å². The van der Waals surface area contributed by atoms with E-state index in [2.05, 4.69) is 62.5 Å². The molecule has 6 heterocycles. The number of ketones is 2. The zero-order valence-corrected chi connectivity index (χ0v) is 45.8. The van der Waals surface area contributed by atoms with E-state index in [9.17, 15) is 41.9 Å². The molecule has 14 nitrogen and oxygen atoms in total. The number of alkyl halides is 3. The van der Waals surface area contributed by atoms with E-state index in [1.165, 1.54) is 58.4 Å². The number of aromatic nitrogens is 7. The van der Waals surface area contributed by atoms with Gasteiger partial charge in [-0.05, 0) is 117 Å². The van der Waals surface area contributed by atoms with Gasteiger partial charge in [-0.1, -0.05) is 62.3 Å². The molecule has 0 N–H and O–H groups in total. The monoisotopic (exact) mass is 1000 g/mol. The van der Waals surface area contributed by atoms with Gasteiger partial charge in [0.1, 0.15) is 11.4 Å². The van der Waals surface area contributed by atoms with E-state index in [1.54, 1.807) is 49.0 Å². The van der Waals surface area contributed by atoms with Crippen LogP contribution in [-0.2, 0) is 77.9 Å². The van der Waals surface area contributed by atoms with Crippen LogP contribution in [0.2, 0.25) is 0 Å². The van der Waals surface area contributed by atoms with E-state index in [0.717, 1.165) is 46.3 Å². The number of fused-ring (bicyclic) bond motifs is 4. The third-order valence-corrected chi connectivity index (χ3v) is 14.6. The van der Waals surface area contributed by atoms with Crippen molar-refractivity contribution in [2.45, 2.75) is 132 Å². The summed E-state index contributed by atoms with van der Waals surface area (Å²) in [7, 11) is 12.0. The van der Waals surface area contributed by atoms with Gasteiger partial charge in [-0.25, -0.2) is 14.6 Å². The highest BCUT2D eigenvalue weighted by Gasteiger charge is 2.43. The fraction of sp³-hybridized carbons (Fsp3) is 0.545. The van der Waals surface area contributed by atoms with Crippen LogP contribution in [0.4, 0.5) is 18.9 Å². The third-order valence-electron chi connectivity index (χ3n) is 14.6. The van der Waals surface area contributed by atoms with E-state index in [-0.39, 0.29) is 51.8 Å². The number of nitrogens with zero attached hydrogens (tertiary/aromatic N) is 8. The smallest absolute Gasteiger partial charge is 0.347 e. The number of hydrogen-bond acceptors (Lipinski definition) is 7. The standard InChI is InChI=1S/C17H22N2O.C15H21NO2.C12H14F3N3O.C11H18N2O2/c1-10(2)13-7-11-8-15-12(9-14(11)18(13)5)17(3,4)16(20)19(15)6;1-9(2)11-5-6-13-12(7-11)8-16(4)15(18)14(13)10(3)17;1-6(2)7-5-8-10(16-9(7)12(13,14)15)18(4)11(19)17(8)3;1-6-8-9(10(14)7(2)3)13(5)11(15)12(8)4/h7-10H,1-6H3;8-9,11H,5-7H2,1-4H3;5-6H,1-4H3;7H,6H2,1-5H3. The Bertz CT molecular complexity index is 3260. The number of anilines is 1. The van der Waals surface area contributed by atoms with Crippen LogP contribution in [-0.4, -0.2) is 56.9 Å². The van der Waals surface area contributed by atoms with Crippen molar-refractivity contribution in [3.05, 3.63) is 112 Å². The summed E-state index contributed by atoms with van der Waals surface area (Å²) in [6.45, 7) is 23.4. The molecular weight excluding hydrogens is 926 g/mol. The first-order chi connectivity index (χ1) is 33.2. The van der Waals surface area contributed by atoms with Crippen LogP contribution in [0.15, 0.2) is 44.8 Å². The third kappa shape index (κ3) is 10.5. The minimum absolute atomic E-state index is 0.0343. The van der Waals surface area contributed by atoms with E-state index < -0.39 is 23.0 Å². The summed E-state index contributed by atoms with van der Waals surface area (Å²) in [5, 5.41) is 1.22. The van der Waals surface area contributed by atoms with Crippen LogP contribution in [0.1, 0.15) is 162 Å². The van der Waals surface area contributed by atoms with Crippen molar-refractivity contribution in [1.29, 1.82) is 0 Å². The summed E-state index contributed by atoms with van der Waals surface area (Å²) < 4.78 is 48.3. The number of aryl methyl sites for hydroxylation is 4. The van der Waals surface area contributed by atoms with Crippen LogP contribution >= 0.6 is 0 Å². The highest BCUT2D eigenvalue weighted by molar-refractivity contribution is 6.09. The highest BCUT2D eigenvalue weighted by Crippen LogP contribution is 2.44. The maximum atomic E-state index is 13.0. The number of hydrogen-bond donors (Lipinski definition) is 0. The molecule has 72 heavy (non-hydrogen) atoms. The summed E-state index contributed by atoms with van der Waals surface area (Å²) in [5.41, 5.74) is 7.23. The second-order valence-electron chi connectivity index (χ2n) is 21.3. The number of carbonyl (C=O) groups excluding carboxylic acids is 3. The van der Waals surface area contributed by atoms with Crippen LogP contribution in [0.3, 0.4) is 0 Å². The van der Waals surface area contributed by atoms with Gasteiger partial charge in [-0.2, -0.15) is 13.2 Å². The van der Waals surface area contributed by atoms with Gasteiger partial charge in [0.05, 0.1) is 16.5 Å². The zero-order chi connectivity index (χ0) is 54.5. The van der Waals surface area contributed by atoms with Gasteiger partial charge in [0.15, 0.2) is 17.2 Å². The summed E-state index contributed by atoms with van der Waals surface area (Å²) in [5.74, 6) is 1.50. The molecular formula is C55H75F3N8O6. The molecule has 1 unspecified atom stereocenters. The Morgan fingerprint density at radius 1 is 0.778 bits per heavy atom. The number of pyridine rings is 2. The van der Waals surface area contributed by atoms with E-state index in [4.69, 9.17) is 0 Å². The lowest BCUT2D eigenvalue weighted by molar-refractivity contribution is -0.141. The molecule has 1 amide bonds. The molecule has 5 aromatic heterocycles. The van der Waals surface area contributed by atoms with Gasteiger partial charge in [0.2, 0.25) is 5.91 Å². The van der Waals surface area contributed by atoms with Crippen molar-refractivity contribution in [2.24, 2.45) is 60.0 Å². The molecule has 0 spiro atoms. The molecule has 0 bridgehead atoms. The molecule has 8 rings (SSSR count). The van der Waals surface area contributed by atoms with Gasteiger partial charge in [0, 0.05) is 89.4 Å². The molecule has 0 radical (unpaired) electrons. The molecule has 0 saturated heterocycles.